The number of carbonyl (C=O) groups excluding carboxylic acids is 1. The van der Waals surface area contributed by atoms with E-state index in [1.807, 2.05) is 61.3 Å². The molecule has 6 nitrogen and oxygen atoms in total. The van der Waals surface area contributed by atoms with Crippen molar-refractivity contribution in [3.05, 3.63) is 69.3 Å². The predicted octanol–water partition coefficient (Wildman–Crippen LogP) is 3.44. The van der Waals surface area contributed by atoms with Crippen LogP contribution in [0.25, 0.3) is 0 Å². The van der Waals surface area contributed by atoms with Gasteiger partial charge in [0.15, 0.2) is 0 Å². The van der Waals surface area contributed by atoms with Gasteiger partial charge in [0.1, 0.15) is 0 Å². The van der Waals surface area contributed by atoms with Gasteiger partial charge in [-0.2, -0.15) is 10.2 Å². The summed E-state index contributed by atoms with van der Waals surface area (Å²) in [6, 6.07) is 9.67. The number of halogens is 1. The van der Waals surface area contributed by atoms with Crippen LogP contribution in [0, 0.1) is 27.7 Å². The van der Waals surface area contributed by atoms with E-state index >= 15 is 0 Å². The number of hydrogen-bond acceptors (Lipinski definition) is 3. The zero-order chi connectivity index (χ0) is 19.6. The molecule has 3 aromatic rings. The number of aryl methyl sites for hydroxylation is 3. The van der Waals surface area contributed by atoms with Gasteiger partial charge in [0.25, 0.3) is 5.91 Å². The number of rotatable bonds is 6. The van der Waals surface area contributed by atoms with Gasteiger partial charge in [-0.15, -0.1) is 0 Å². The lowest BCUT2D eigenvalue weighted by Gasteiger charge is -2.08. The third kappa shape index (κ3) is 4.39. The standard InChI is InChI=1S/C20H24ClN5O/c1-13-11-14(2)26(23-13)12-17-5-7-18(8-6-17)20(27)22-9-10-25-16(4)19(21)15(3)24-25/h5-8,11H,9-10,12H2,1-4H3,(H,22,27). The number of nitrogens with one attached hydrogen (secondary N) is 1. The summed E-state index contributed by atoms with van der Waals surface area (Å²) in [5, 5.41) is 12.4. The fourth-order valence-electron chi connectivity index (χ4n) is 3.04. The van der Waals surface area contributed by atoms with Crippen LogP contribution in [0.15, 0.2) is 30.3 Å². The van der Waals surface area contributed by atoms with Crippen LogP contribution in [0.4, 0.5) is 0 Å². The maximum atomic E-state index is 12.3. The molecular weight excluding hydrogens is 362 g/mol. The number of benzene rings is 1. The maximum absolute atomic E-state index is 12.3. The third-order valence-corrected chi connectivity index (χ3v) is 5.10. The summed E-state index contributed by atoms with van der Waals surface area (Å²) in [5.41, 5.74) is 5.59. The van der Waals surface area contributed by atoms with Crippen LogP contribution < -0.4 is 5.32 Å². The Morgan fingerprint density at radius 3 is 2.33 bits per heavy atom. The summed E-state index contributed by atoms with van der Waals surface area (Å²) in [6.07, 6.45) is 0. The smallest absolute Gasteiger partial charge is 0.251 e. The molecule has 0 spiro atoms. The van der Waals surface area contributed by atoms with Crippen LogP contribution >= 0.6 is 11.6 Å². The fraction of sp³-hybridized carbons (Fsp3) is 0.350. The highest BCUT2D eigenvalue weighted by atomic mass is 35.5. The van der Waals surface area contributed by atoms with Crippen molar-refractivity contribution >= 4 is 17.5 Å². The van der Waals surface area contributed by atoms with Crippen LogP contribution in [-0.2, 0) is 13.1 Å². The predicted molar refractivity (Wildman–Crippen MR) is 106 cm³/mol. The van der Waals surface area contributed by atoms with E-state index in [1.165, 1.54) is 0 Å². The average molecular weight is 386 g/mol. The van der Waals surface area contributed by atoms with E-state index in [1.54, 1.807) is 0 Å². The van der Waals surface area contributed by atoms with E-state index in [-0.39, 0.29) is 5.91 Å². The molecule has 1 aromatic carbocycles. The van der Waals surface area contributed by atoms with Gasteiger partial charge in [0.2, 0.25) is 0 Å². The van der Waals surface area contributed by atoms with Crippen LogP contribution in [-0.4, -0.2) is 32.0 Å². The van der Waals surface area contributed by atoms with Gasteiger partial charge in [-0.1, -0.05) is 23.7 Å². The van der Waals surface area contributed by atoms with Gasteiger partial charge in [0.05, 0.1) is 35.2 Å². The molecular formula is C20H24ClN5O. The summed E-state index contributed by atoms with van der Waals surface area (Å²) < 4.78 is 3.78. The van der Waals surface area contributed by atoms with E-state index in [4.69, 9.17) is 11.6 Å². The molecule has 1 amide bonds. The molecule has 2 heterocycles. The minimum atomic E-state index is -0.0970. The second-order valence-electron chi connectivity index (χ2n) is 6.75. The zero-order valence-corrected chi connectivity index (χ0v) is 16.8. The highest BCUT2D eigenvalue weighted by molar-refractivity contribution is 6.31. The molecule has 2 aromatic heterocycles. The molecule has 0 fully saturated rings. The second kappa shape index (κ2) is 7.96. The Morgan fingerprint density at radius 2 is 1.78 bits per heavy atom. The Morgan fingerprint density at radius 1 is 1.07 bits per heavy atom. The molecule has 1 N–H and O–H groups in total. The van der Waals surface area contributed by atoms with Gasteiger partial charge >= 0.3 is 0 Å². The number of amides is 1. The Labute approximate surface area is 164 Å². The Balaban J connectivity index is 1.55. The SMILES string of the molecule is Cc1cc(C)n(Cc2ccc(C(=O)NCCn3nc(C)c(Cl)c3C)cc2)n1. The maximum Gasteiger partial charge on any atom is 0.251 e. The van der Waals surface area contributed by atoms with Gasteiger partial charge < -0.3 is 5.32 Å². The van der Waals surface area contributed by atoms with Gasteiger partial charge in [-0.05, 0) is 51.5 Å². The second-order valence-corrected chi connectivity index (χ2v) is 7.12. The summed E-state index contributed by atoms with van der Waals surface area (Å²) in [4.78, 5) is 12.3. The lowest BCUT2D eigenvalue weighted by atomic mass is 10.1. The van der Waals surface area contributed by atoms with Crippen molar-refractivity contribution in [2.45, 2.75) is 40.8 Å². The molecule has 0 atom stereocenters. The van der Waals surface area contributed by atoms with Crippen LogP contribution in [0.1, 0.15) is 38.7 Å². The monoisotopic (exact) mass is 385 g/mol. The molecule has 0 aliphatic rings. The van der Waals surface area contributed by atoms with Gasteiger partial charge in [0, 0.05) is 17.8 Å². The van der Waals surface area contributed by atoms with Crippen LogP contribution in [0.2, 0.25) is 5.02 Å². The summed E-state index contributed by atoms with van der Waals surface area (Å²) in [5.74, 6) is -0.0970. The normalized spacial score (nSPS) is 11.0. The zero-order valence-electron chi connectivity index (χ0n) is 16.1. The molecule has 0 aliphatic carbocycles. The first-order valence-corrected chi connectivity index (χ1v) is 9.30. The van der Waals surface area contributed by atoms with Crippen molar-refractivity contribution < 1.29 is 4.79 Å². The first kappa shape index (κ1) is 19.2. The Bertz CT molecular complexity index is 956. The van der Waals surface area contributed by atoms with E-state index in [9.17, 15) is 4.79 Å². The molecule has 0 unspecified atom stereocenters. The van der Waals surface area contributed by atoms with Crippen molar-refractivity contribution in [3.8, 4) is 0 Å². The summed E-state index contributed by atoms with van der Waals surface area (Å²) in [6.45, 7) is 9.59. The fourth-order valence-corrected chi connectivity index (χ4v) is 3.18. The molecule has 0 saturated carbocycles. The molecule has 142 valence electrons. The van der Waals surface area contributed by atoms with Crippen LogP contribution in [0.3, 0.4) is 0 Å². The molecule has 7 heteroatoms. The quantitative estimate of drug-likeness (QED) is 0.706. The summed E-state index contributed by atoms with van der Waals surface area (Å²) in [7, 11) is 0. The number of aromatic nitrogens is 4. The minimum Gasteiger partial charge on any atom is -0.350 e. The number of hydrogen-bond donors (Lipinski definition) is 1. The van der Waals surface area contributed by atoms with Crippen molar-refractivity contribution in [1.29, 1.82) is 0 Å². The third-order valence-electron chi connectivity index (χ3n) is 4.55. The first-order chi connectivity index (χ1) is 12.8. The van der Waals surface area contributed by atoms with E-state index < -0.39 is 0 Å². The molecule has 0 aliphatic heterocycles. The summed E-state index contributed by atoms with van der Waals surface area (Å²) >= 11 is 6.14. The number of nitrogens with zero attached hydrogens (tertiary/aromatic N) is 4. The molecule has 0 radical (unpaired) electrons. The average Bonchev–Trinajstić information content (AvgIpc) is 3.08. The van der Waals surface area contributed by atoms with Gasteiger partial charge in [-0.3, -0.25) is 14.2 Å². The molecule has 3 rings (SSSR count). The molecule has 27 heavy (non-hydrogen) atoms. The topological polar surface area (TPSA) is 64.7 Å². The largest absolute Gasteiger partial charge is 0.350 e. The highest BCUT2D eigenvalue weighted by Gasteiger charge is 2.10. The van der Waals surface area contributed by atoms with Crippen molar-refractivity contribution in [3.63, 3.8) is 0 Å². The van der Waals surface area contributed by atoms with Crippen molar-refractivity contribution in [2.75, 3.05) is 6.54 Å². The highest BCUT2D eigenvalue weighted by Crippen LogP contribution is 2.18. The molecule has 0 saturated heterocycles. The number of carbonyl (C=O) groups is 1. The van der Waals surface area contributed by atoms with E-state index in [0.29, 0.717) is 30.2 Å². The molecule has 0 bridgehead atoms. The van der Waals surface area contributed by atoms with Crippen molar-refractivity contribution in [1.82, 2.24) is 24.9 Å². The lowest BCUT2D eigenvalue weighted by Crippen LogP contribution is -2.27. The Hall–Kier alpha value is -2.60. The van der Waals surface area contributed by atoms with Crippen molar-refractivity contribution in [2.24, 2.45) is 0 Å². The van der Waals surface area contributed by atoms with Gasteiger partial charge in [-0.25, -0.2) is 0 Å². The van der Waals surface area contributed by atoms with Crippen LogP contribution in [0.5, 0.6) is 0 Å². The Kier molecular flexibility index (Phi) is 5.65. The van der Waals surface area contributed by atoms with E-state index in [2.05, 4.69) is 21.6 Å². The lowest BCUT2D eigenvalue weighted by molar-refractivity contribution is 0.0952. The minimum absolute atomic E-state index is 0.0970. The van der Waals surface area contributed by atoms with E-state index in [0.717, 1.165) is 28.3 Å². The first-order valence-electron chi connectivity index (χ1n) is 8.93.